The number of nitrogens with zero attached hydrogens (tertiary/aromatic N) is 1. The van der Waals surface area contributed by atoms with E-state index in [-0.39, 0.29) is 12.0 Å². The highest BCUT2D eigenvalue weighted by Crippen LogP contribution is 2.30. The summed E-state index contributed by atoms with van der Waals surface area (Å²) in [5.41, 5.74) is 3.34. The van der Waals surface area contributed by atoms with Gasteiger partial charge in [-0.25, -0.2) is 5.06 Å². The molecule has 1 aliphatic heterocycles. The van der Waals surface area contributed by atoms with Crippen LogP contribution in [0.3, 0.4) is 0 Å². The van der Waals surface area contributed by atoms with Gasteiger partial charge in [0.25, 0.3) is 0 Å². The molecule has 1 heterocycles. The topological polar surface area (TPSA) is 29.5 Å². The highest BCUT2D eigenvalue weighted by molar-refractivity contribution is 5.77. The van der Waals surface area contributed by atoms with E-state index in [2.05, 4.69) is 0 Å². The van der Waals surface area contributed by atoms with E-state index in [9.17, 15) is 4.79 Å². The van der Waals surface area contributed by atoms with E-state index in [1.165, 1.54) is 10.6 Å². The molecule has 2 aromatic carbocycles. The number of hydrogen-bond acceptors (Lipinski definition) is 2. The van der Waals surface area contributed by atoms with Gasteiger partial charge in [0, 0.05) is 0 Å². The van der Waals surface area contributed by atoms with Gasteiger partial charge in [-0.3, -0.25) is 9.63 Å². The summed E-state index contributed by atoms with van der Waals surface area (Å²) in [5.74, 6) is 0.0411. The van der Waals surface area contributed by atoms with Gasteiger partial charge >= 0.3 is 0 Å². The lowest BCUT2D eigenvalue weighted by Crippen LogP contribution is -2.22. The number of carbonyl (C=O) groups is 1. The van der Waals surface area contributed by atoms with Crippen molar-refractivity contribution >= 4 is 5.91 Å². The molecular formula is C17H17NO2. The second kappa shape index (κ2) is 5.47. The van der Waals surface area contributed by atoms with Crippen molar-refractivity contribution in [3.05, 3.63) is 71.3 Å². The monoisotopic (exact) mass is 267 g/mol. The van der Waals surface area contributed by atoms with Crippen LogP contribution in [-0.4, -0.2) is 11.0 Å². The second-order valence-electron chi connectivity index (χ2n) is 5.12. The molecule has 3 rings (SSSR count). The van der Waals surface area contributed by atoms with Gasteiger partial charge in [0.05, 0.1) is 13.0 Å². The van der Waals surface area contributed by atoms with Crippen LogP contribution in [0.5, 0.6) is 0 Å². The lowest BCUT2D eigenvalue weighted by atomic mass is 10.1. The van der Waals surface area contributed by atoms with Crippen molar-refractivity contribution in [3.8, 4) is 0 Å². The number of rotatable bonds is 3. The summed E-state index contributed by atoms with van der Waals surface area (Å²) in [7, 11) is 0. The molecule has 20 heavy (non-hydrogen) atoms. The minimum Gasteiger partial charge on any atom is -0.272 e. The molecule has 1 amide bonds. The van der Waals surface area contributed by atoms with E-state index in [4.69, 9.17) is 4.84 Å². The Bertz CT molecular complexity index is 592. The third-order valence-corrected chi connectivity index (χ3v) is 3.51. The average Bonchev–Trinajstić information content (AvgIpc) is 2.84. The fourth-order valence-corrected chi connectivity index (χ4v) is 2.34. The Balaban J connectivity index is 1.70. The Kier molecular flexibility index (Phi) is 3.52. The first kappa shape index (κ1) is 12.9. The molecular weight excluding hydrogens is 250 g/mol. The lowest BCUT2D eigenvalue weighted by Gasteiger charge is -2.16. The van der Waals surface area contributed by atoms with Crippen LogP contribution < -0.4 is 0 Å². The first-order chi connectivity index (χ1) is 9.72. The minimum atomic E-state index is -0.158. The zero-order valence-electron chi connectivity index (χ0n) is 11.5. The summed E-state index contributed by atoms with van der Waals surface area (Å²) in [6.07, 6.45) is 0.254. The fraction of sp³-hybridized carbons (Fsp3) is 0.235. The molecule has 0 aliphatic carbocycles. The van der Waals surface area contributed by atoms with Gasteiger partial charge < -0.3 is 0 Å². The van der Waals surface area contributed by atoms with Crippen LogP contribution >= 0.6 is 0 Å². The van der Waals surface area contributed by atoms with Crippen molar-refractivity contribution in [1.82, 2.24) is 5.06 Å². The maximum Gasteiger partial charge on any atom is 0.249 e. The first-order valence-electron chi connectivity index (χ1n) is 6.80. The zero-order valence-corrected chi connectivity index (χ0v) is 11.5. The van der Waals surface area contributed by atoms with Gasteiger partial charge in [-0.2, -0.15) is 0 Å². The van der Waals surface area contributed by atoms with Gasteiger partial charge in [0.1, 0.15) is 6.10 Å². The zero-order chi connectivity index (χ0) is 13.9. The lowest BCUT2D eigenvalue weighted by molar-refractivity contribution is -0.177. The molecule has 1 saturated heterocycles. The van der Waals surface area contributed by atoms with E-state index in [1.54, 1.807) is 0 Å². The molecule has 0 aromatic heterocycles. The van der Waals surface area contributed by atoms with Crippen LogP contribution in [0.4, 0.5) is 0 Å². The minimum absolute atomic E-state index is 0.0411. The molecule has 0 spiro atoms. The number of benzene rings is 2. The molecule has 1 fully saturated rings. The molecule has 0 N–H and O–H groups in total. The molecule has 1 unspecified atom stereocenters. The Morgan fingerprint density at radius 2 is 1.80 bits per heavy atom. The van der Waals surface area contributed by atoms with Crippen LogP contribution in [0, 0.1) is 6.92 Å². The standard InChI is InChI=1S/C17H17NO2/c1-13-7-9-14(10-8-13)12-18-17(19)11-16(20-18)15-5-3-2-4-6-15/h2-10,16H,11-12H2,1H3. The summed E-state index contributed by atoms with van der Waals surface area (Å²) < 4.78 is 0. The largest absolute Gasteiger partial charge is 0.272 e. The van der Waals surface area contributed by atoms with Crippen molar-refractivity contribution < 1.29 is 9.63 Å². The SMILES string of the molecule is Cc1ccc(CN2OC(c3ccccc3)CC2=O)cc1. The molecule has 2 aromatic rings. The predicted molar refractivity (Wildman–Crippen MR) is 76.6 cm³/mol. The highest BCUT2D eigenvalue weighted by Gasteiger charge is 2.31. The van der Waals surface area contributed by atoms with Crippen LogP contribution in [0.15, 0.2) is 54.6 Å². The Morgan fingerprint density at radius 3 is 2.50 bits per heavy atom. The first-order valence-corrected chi connectivity index (χ1v) is 6.80. The number of carbonyl (C=O) groups excluding carboxylic acids is 1. The number of hydrogen-bond donors (Lipinski definition) is 0. The van der Waals surface area contributed by atoms with Gasteiger partial charge in [-0.15, -0.1) is 0 Å². The van der Waals surface area contributed by atoms with Gasteiger partial charge in [0.15, 0.2) is 0 Å². The Labute approximate surface area is 118 Å². The predicted octanol–water partition coefficient (Wildman–Crippen LogP) is 3.40. The van der Waals surface area contributed by atoms with Crippen molar-refractivity contribution in [1.29, 1.82) is 0 Å². The van der Waals surface area contributed by atoms with Crippen LogP contribution in [0.1, 0.15) is 29.2 Å². The molecule has 3 nitrogen and oxygen atoms in total. The van der Waals surface area contributed by atoms with Crippen molar-refractivity contribution in [2.24, 2.45) is 0 Å². The molecule has 1 atom stereocenters. The highest BCUT2D eigenvalue weighted by atomic mass is 16.7. The molecule has 0 saturated carbocycles. The van der Waals surface area contributed by atoms with E-state index in [1.807, 2.05) is 61.5 Å². The van der Waals surface area contributed by atoms with Crippen molar-refractivity contribution in [2.45, 2.75) is 26.0 Å². The van der Waals surface area contributed by atoms with Crippen molar-refractivity contribution in [3.63, 3.8) is 0 Å². The maximum absolute atomic E-state index is 12.0. The van der Waals surface area contributed by atoms with E-state index in [0.29, 0.717) is 13.0 Å². The molecule has 1 aliphatic rings. The van der Waals surface area contributed by atoms with Crippen LogP contribution in [-0.2, 0) is 16.2 Å². The second-order valence-corrected chi connectivity index (χ2v) is 5.12. The van der Waals surface area contributed by atoms with Crippen LogP contribution in [0.2, 0.25) is 0 Å². The fourth-order valence-electron chi connectivity index (χ4n) is 2.34. The number of amides is 1. The number of aryl methyl sites for hydroxylation is 1. The molecule has 3 heteroatoms. The van der Waals surface area contributed by atoms with Gasteiger partial charge in [-0.1, -0.05) is 60.2 Å². The third-order valence-electron chi connectivity index (χ3n) is 3.51. The summed E-state index contributed by atoms with van der Waals surface area (Å²) in [4.78, 5) is 17.8. The smallest absolute Gasteiger partial charge is 0.249 e. The molecule has 0 bridgehead atoms. The van der Waals surface area contributed by atoms with Crippen LogP contribution in [0.25, 0.3) is 0 Å². The van der Waals surface area contributed by atoms with Crippen molar-refractivity contribution in [2.75, 3.05) is 0 Å². The summed E-state index contributed by atoms with van der Waals surface area (Å²) in [5, 5.41) is 1.47. The van der Waals surface area contributed by atoms with E-state index in [0.717, 1.165) is 11.1 Å². The quantitative estimate of drug-likeness (QED) is 0.853. The summed E-state index contributed by atoms with van der Waals surface area (Å²) >= 11 is 0. The molecule has 102 valence electrons. The summed E-state index contributed by atoms with van der Waals surface area (Å²) in [6, 6.07) is 18.0. The van der Waals surface area contributed by atoms with E-state index >= 15 is 0 Å². The number of hydroxylamine groups is 2. The van der Waals surface area contributed by atoms with E-state index < -0.39 is 0 Å². The Hall–Kier alpha value is -2.13. The van der Waals surface area contributed by atoms with Gasteiger partial charge in [-0.05, 0) is 18.1 Å². The Morgan fingerprint density at radius 1 is 1.10 bits per heavy atom. The summed E-state index contributed by atoms with van der Waals surface area (Å²) in [6.45, 7) is 2.55. The maximum atomic E-state index is 12.0. The van der Waals surface area contributed by atoms with Gasteiger partial charge in [0.2, 0.25) is 5.91 Å². The third kappa shape index (κ3) is 2.73. The average molecular weight is 267 g/mol. The molecule has 0 radical (unpaired) electrons. The normalized spacial score (nSPS) is 18.6.